The largest absolute Gasteiger partial charge is 0.464 e. The molecule has 2 rings (SSSR count). The molecule has 0 bridgehead atoms. The number of aromatic nitrogens is 2. The monoisotopic (exact) mass is 266 g/mol. The molecule has 0 saturated carbocycles. The normalized spacial score (nSPS) is 10.5. The van der Waals surface area contributed by atoms with Gasteiger partial charge in [-0.25, -0.2) is 18.6 Å². The summed E-state index contributed by atoms with van der Waals surface area (Å²) in [6.45, 7) is 1.77. The number of ether oxygens (including phenoxy) is 1. The zero-order valence-corrected chi connectivity index (χ0v) is 10.5. The Kier molecular flexibility index (Phi) is 3.59. The Morgan fingerprint density at radius 1 is 1.42 bits per heavy atom. The Balaban J connectivity index is 2.38. The van der Waals surface area contributed by atoms with Gasteiger partial charge in [0.25, 0.3) is 0 Å². The number of methoxy groups -OCH3 is 1. The number of imidazole rings is 1. The first-order chi connectivity index (χ1) is 9.02. The van der Waals surface area contributed by atoms with Crippen LogP contribution < -0.4 is 0 Å². The van der Waals surface area contributed by atoms with Gasteiger partial charge < -0.3 is 9.30 Å². The van der Waals surface area contributed by atoms with Gasteiger partial charge in [0.1, 0.15) is 23.2 Å². The molecule has 0 aliphatic rings. The Hall–Kier alpha value is -2.24. The number of esters is 1. The SMILES string of the molecule is COC(=O)c1cnc(C)n1Cc1ccc(F)cc1F. The third-order valence-electron chi connectivity index (χ3n) is 2.79. The number of nitrogens with zero attached hydrogens (tertiary/aromatic N) is 2. The van der Waals surface area contributed by atoms with Crippen LogP contribution in [0.25, 0.3) is 0 Å². The maximum atomic E-state index is 13.6. The fourth-order valence-electron chi connectivity index (χ4n) is 1.76. The van der Waals surface area contributed by atoms with Gasteiger partial charge in [-0.1, -0.05) is 6.07 Å². The van der Waals surface area contributed by atoms with Gasteiger partial charge in [-0.3, -0.25) is 0 Å². The van der Waals surface area contributed by atoms with Crippen LogP contribution in [0.2, 0.25) is 0 Å². The number of rotatable bonds is 3. The lowest BCUT2D eigenvalue weighted by Gasteiger charge is -2.10. The zero-order valence-electron chi connectivity index (χ0n) is 10.5. The fraction of sp³-hybridized carbons (Fsp3) is 0.231. The molecule has 0 aliphatic heterocycles. The predicted octanol–water partition coefficient (Wildman–Crippen LogP) is 2.30. The standard InChI is InChI=1S/C13H12F2N2O2/c1-8-16-6-12(13(18)19-2)17(8)7-9-3-4-10(14)5-11(9)15/h3-6H,7H2,1-2H3. The van der Waals surface area contributed by atoms with Gasteiger partial charge in [0.05, 0.1) is 19.9 Å². The third kappa shape index (κ3) is 2.62. The van der Waals surface area contributed by atoms with Gasteiger partial charge >= 0.3 is 5.97 Å². The summed E-state index contributed by atoms with van der Waals surface area (Å²) in [4.78, 5) is 15.5. The van der Waals surface area contributed by atoms with Crippen molar-refractivity contribution in [2.24, 2.45) is 0 Å². The van der Waals surface area contributed by atoms with Crippen LogP contribution in [0.4, 0.5) is 8.78 Å². The summed E-state index contributed by atoms with van der Waals surface area (Å²) in [5.41, 5.74) is 0.497. The lowest BCUT2D eigenvalue weighted by atomic mass is 10.2. The Labute approximate surface area is 108 Å². The molecule has 0 saturated heterocycles. The number of halogens is 2. The highest BCUT2D eigenvalue weighted by molar-refractivity contribution is 5.87. The van der Waals surface area contributed by atoms with Gasteiger partial charge in [-0.05, 0) is 13.0 Å². The van der Waals surface area contributed by atoms with E-state index in [9.17, 15) is 13.6 Å². The van der Waals surface area contributed by atoms with E-state index in [1.165, 1.54) is 30.0 Å². The van der Waals surface area contributed by atoms with Crippen molar-refractivity contribution in [1.82, 2.24) is 9.55 Å². The van der Waals surface area contributed by atoms with Crippen LogP contribution in [0.3, 0.4) is 0 Å². The summed E-state index contributed by atoms with van der Waals surface area (Å²) >= 11 is 0. The fourth-order valence-corrected chi connectivity index (χ4v) is 1.76. The van der Waals surface area contributed by atoms with E-state index < -0.39 is 17.6 Å². The molecule has 0 aliphatic carbocycles. The molecule has 0 radical (unpaired) electrons. The number of aryl methyl sites for hydroxylation is 1. The maximum Gasteiger partial charge on any atom is 0.356 e. The molecule has 1 aromatic carbocycles. The lowest BCUT2D eigenvalue weighted by Crippen LogP contribution is -2.13. The first-order valence-corrected chi connectivity index (χ1v) is 5.57. The Morgan fingerprint density at radius 3 is 2.79 bits per heavy atom. The van der Waals surface area contributed by atoms with Crippen LogP contribution >= 0.6 is 0 Å². The predicted molar refractivity (Wildman–Crippen MR) is 63.8 cm³/mol. The van der Waals surface area contributed by atoms with Crippen molar-refractivity contribution in [3.8, 4) is 0 Å². The summed E-state index contributed by atoms with van der Waals surface area (Å²) < 4.78 is 32.6. The molecule has 0 unspecified atom stereocenters. The number of benzene rings is 1. The van der Waals surface area contributed by atoms with Crippen molar-refractivity contribution >= 4 is 5.97 Å². The van der Waals surface area contributed by atoms with Crippen molar-refractivity contribution in [1.29, 1.82) is 0 Å². The van der Waals surface area contributed by atoms with Gasteiger partial charge in [-0.15, -0.1) is 0 Å². The molecular formula is C13H12F2N2O2. The van der Waals surface area contributed by atoms with Crippen LogP contribution in [0.1, 0.15) is 21.9 Å². The molecule has 1 aromatic heterocycles. The van der Waals surface area contributed by atoms with Crippen molar-refractivity contribution in [2.75, 3.05) is 7.11 Å². The second-order valence-corrected chi connectivity index (χ2v) is 4.00. The highest BCUT2D eigenvalue weighted by Crippen LogP contribution is 2.14. The number of carbonyl (C=O) groups excluding carboxylic acids is 1. The molecule has 0 fully saturated rings. The average molecular weight is 266 g/mol. The van der Waals surface area contributed by atoms with Crippen molar-refractivity contribution in [2.45, 2.75) is 13.5 Å². The molecule has 4 nitrogen and oxygen atoms in total. The minimum absolute atomic E-state index is 0.0857. The van der Waals surface area contributed by atoms with E-state index in [4.69, 9.17) is 0 Å². The van der Waals surface area contributed by atoms with E-state index >= 15 is 0 Å². The molecule has 0 amide bonds. The third-order valence-corrected chi connectivity index (χ3v) is 2.79. The first kappa shape index (κ1) is 13.2. The Morgan fingerprint density at radius 2 is 2.16 bits per heavy atom. The van der Waals surface area contributed by atoms with Crippen LogP contribution in [-0.2, 0) is 11.3 Å². The van der Waals surface area contributed by atoms with E-state index in [2.05, 4.69) is 9.72 Å². The average Bonchev–Trinajstić information content (AvgIpc) is 2.73. The van der Waals surface area contributed by atoms with E-state index in [1.807, 2.05) is 0 Å². The lowest BCUT2D eigenvalue weighted by molar-refractivity contribution is 0.0588. The first-order valence-electron chi connectivity index (χ1n) is 5.57. The molecule has 100 valence electrons. The minimum atomic E-state index is -0.663. The highest BCUT2D eigenvalue weighted by Gasteiger charge is 2.16. The molecular weight excluding hydrogens is 254 g/mol. The molecule has 0 N–H and O–H groups in total. The van der Waals surface area contributed by atoms with Crippen molar-refractivity contribution < 1.29 is 18.3 Å². The smallest absolute Gasteiger partial charge is 0.356 e. The van der Waals surface area contributed by atoms with E-state index in [1.54, 1.807) is 6.92 Å². The summed E-state index contributed by atoms with van der Waals surface area (Å²) in [6.07, 6.45) is 1.36. The summed E-state index contributed by atoms with van der Waals surface area (Å²) in [5.74, 6) is -1.31. The number of hydrogen-bond acceptors (Lipinski definition) is 3. The number of carbonyl (C=O) groups is 1. The van der Waals surface area contributed by atoms with Crippen LogP contribution in [0.5, 0.6) is 0 Å². The van der Waals surface area contributed by atoms with Gasteiger partial charge in [-0.2, -0.15) is 0 Å². The Bertz CT molecular complexity index is 623. The van der Waals surface area contributed by atoms with Crippen LogP contribution in [-0.4, -0.2) is 22.6 Å². The molecule has 1 heterocycles. The number of hydrogen-bond donors (Lipinski definition) is 0. The second-order valence-electron chi connectivity index (χ2n) is 4.00. The second kappa shape index (κ2) is 5.17. The van der Waals surface area contributed by atoms with E-state index in [0.717, 1.165) is 6.07 Å². The topological polar surface area (TPSA) is 44.1 Å². The summed E-state index contributed by atoms with van der Waals surface area (Å²) in [6, 6.07) is 3.31. The molecule has 19 heavy (non-hydrogen) atoms. The van der Waals surface area contributed by atoms with Crippen LogP contribution in [0.15, 0.2) is 24.4 Å². The summed E-state index contributed by atoms with van der Waals surface area (Å²) in [5, 5.41) is 0. The quantitative estimate of drug-likeness (QED) is 0.801. The van der Waals surface area contributed by atoms with Gasteiger partial charge in [0.2, 0.25) is 0 Å². The van der Waals surface area contributed by atoms with E-state index in [-0.39, 0.29) is 17.8 Å². The van der Waals surface area contributed by atoms with Gasteiger partial charge in [0, 0.05) is 11.6 Å². The van der Waals surface area contributed by atoms with E-state index in [0.29, 0.717) is 5.82 Å². The minimum Gasteiger partial charge on any atom is -0.464 e. The molecule has 2 aromatic rings. The zero-order chi connectivity index (χ0) is 14.0. The maximum absolute atomic E-state index is 13.6. The summed E-state index contributed by atoms with van der Waals surface area (Å²) in [7, 11) is 1.26. The molecule has 0 spiro atoms. The van der Waals surface area contributed by atoms with Gasteiger partial charge in [0.15, 0.2) is 0 Å². The molecule has 0 atom stereocenters. The van der Waals surface area contributed by atoms with Crippen molar-refractivity contribution in [3.05, 3.63) is 53.1 Å². The van der Waals surface area contributed by atoms with Crippen molar-refractivity contribution in [3.63, 3.8) is 0 Å². The molecule has 6 heteroatoms. The van der Waals surface area contributed by atoms with Crippen LogP contribution in [0, 0.1) is 18.6 Å². The highest BCUT2D eigenvalue weighted by atomic mass is 19.1.